The molecule has 4 heteroatoms. The highest BCUT2D eigenvalue weighted by Gasteiger charge is 2.15. The van der Waals surface area contributed by atoms with E-state index in [1.54, 1.807) is 0 Å². The first-order valence-corrected chi connectivity index (χ1v) is 8.10. The Balaban J connectivity index is 1.71. The van der Waals surface area contributed by atoms with E-state index in [2.05, 4.69) is 58.9 Å². The van der Waals surface area contributed by atoms with E-state index in [1.165, 1.54) is 21.9 Å². The molecule has 0 spiro atoms. The molecule has 0 amide bonds. The van der Waals surface area contributed by atoms with E-state index in [4.69, 9.17) is 4.98 Å². The Bertz CT molecular complexity index is 838. The number of rotatable bonds is 3. The zero-order valence-electron chi connectivity index (χ0n) is 13.2. The summed E-state index contributed by atoms with van der Waals surface area (Å²) in [4.78, 5) is 9.09. The van der Waals surface area contributed by atoms with Gasteiger partial charge in [-0.1, -0.05) is 36.4 Å². The van der Waals surface area contributed by atoms with E-state index >= 15 is 0 Å². The fourth-order valence-electron chi connectivity index (χ4n) is 3.24. The minimum atomic E-state index is 0.419. The number of hydrogen-bond donors (Lipinski definition) is 2. The van der Waals surface area contributed by atoms with Crippen LogP contribution in [0, 0.1) is 6.92 Å². The second-order valence-corrected chi connectivity index (χ2v) is 6.06. The van der Waals surface area contributed by atoms with Gasteiger partial charge in [-0.15, -0.1) is 0 Å². The molecule has 2 N–H and O–H groups in total. The molecule has 0 saturated carbocycles. The quantitative estimate of drug-likeness (QED) is 0.779. The largest absolute Gasteiger partial charge is 0.350 e. The molecule has 2 aromatic carbocycles. The van der Waals surface area contributed by atoms with Gasteiger partial charge in [-0.2, -0.15) is 0 Å². The predicted molar refractivity (Wildman–Crippen MR) is 94.6 cm³/mol. The molecule has 1 aromatic heterocycles. The number of aromatic nitrogens is 2. The zero-order chi connectivity index (χ0) is 15.6. The van der Waals surface area contributed by atoms with Gasteiger partial charge in [0, 0.05) is 24.3 Å². The number of nitrogens with zero attached hydrogens (tertiary/aromatic N) is 2. The fourth-order valence-corrected chi connectivity index (χ4v) is 3.24. The summed E-state index contributed by atoms with van der Waals surface area (Å²) in [6.07, 6.45) is 2.95. The van der Waals surface area contributed by atoms with Crippen molar-refractivity contribution in [3.05, 3.63) is 54.2 Å². The molecule has 0 radical (unpaired) electrons. The highest BCUT2D eigenvalue weighted by atomic mass is 15.1. The standard InChI is InChI=1S/C19H20N4/c1-13-16-5-3-2-4-14(16)6-7-17(13)18-9-11-21-19(23-18)22-15-8-10-20-12-15/h2-7,9,11,15,20H,8,10,12H2,1H3,(H,21,22,23). The van der Waals surface area contributed by atoms with Crippen molar-refractivity contribution in [2.45, 2.75) is 19.4 Å². The van der Waals surface area contributed by atoms with E-state index in [9.17, 15) is 0 Å². The van der Waals surface area contributed by atoms with Crippen LogP contribution in [-0.2, 0) is 0 Å². The Morgan fingerprint density at radius 3 is 2.91 bits per heavy atom. The highest BCUT2D eigenvalue weighted by molar-refractivity contribution is 5.91. The molecule has 23 heavy (non-hydrogen) atoms. The molecule has 1 saturated heterocycles. The number of nitrogens with one attached hydrogen (secondary N) is 2. The van der Waals surface area contributed by atoms with Crippen LogP contribution < -0.4 is 10.6 Å². The Kier molecular flexibility index (Phi) is 3.67. The van der Waals surface area contributed by atoms with Gasteiger partial charge in [0.05, 0.1) is 5.69 Å². The molecule has 0 aliphatic carbocycles. The van der Waals surface area contributed by atoms with Gasteiger partial charge in [0.1, 0.15) is 0 Å². The van der Waals surface area contributed by atoms with Crippen molar-refractivity contribution >= 4 is 16.7 Å². The van der Waals surface area contributed by atoms with Crippen molar-refractivity contribution < 1.29 is 0 Å². The SMILES string of the molecule is Cc1c(-c2ccnc(NC3CCNC3)n2)ccc2ccccc12. The van der Waals surface area contributed by atoms with Gasteiger partial charge in [-0.05, 0) is 42.3 Å². The van der Waals surface area contributed by atoms with Gasteiger partial charge in [0.25, 0.3) is 0 Å². The number of benzene rings is 2. The minimum absolute atomic E-state index is 0.419. The molecular weight excluding hydrogens is 284 g/mol. The number of anilines is 1. The summed E-state index contributed by atoms with van der Waals surface area (Å²) in [5.74, 6) is 0.712. The third-order valence-corrected chi connectivity index (χ3v) is 4.52. The lowest BCUT2D eigenvalue weighted by Gasteiger charge is -2.13. The molecule has 1 unspecified atom stereocenters. The second kappa shape index (κ2) is 5.97. The van der Waals surface area contributed by atoms with Crippen LogP contribution in [0.2, 0.25) is 0 Å². The second-order valence-electron chi connectivity index (χ2n) is 6.06. The van der Waals surface area contributed by atoms with E-state index < -0.39 is 0 Å². The molecular formula is C19H20N4. The lowest BCUT2D eigenvalue weighted by molar-refractivity contribution is 0.781. The lowest BCUT2D eigenvalue weighted by atomic mass is 9.98. The first kappa shape index (κ1) is 14.2. The summed E-state index contributed by atoms with van der Waals surface area (Å²) in [5.41, 5.74) is 3.39. The predicted octanol–water partition coefficient (Wildman–Crippen LogP) is 3.38. The van der Waals surface area contributed by atoms with E-state index in [0.717, 1.165) is 25.2 Å². The Hall–Kier alpha value is -2.46. The van der Waals surface area contributed by atoms with Crippen molar-refractivity contribution in [1.82, 2.24) is 15.3 Å². The highest BCUT2D eigenvalue weighted by Crippen LogP contribution is 2.28. The zero-order valence-corrected chi connectivity index (χ0v) is 13.2. The van der Waals surface area contributed by atoms with Gasteiger partial charge in [0.15, 0.2) is 0 Å². The third-order valence-electron chi connectivity index (χ3n) is 4.52. The fraction of sp³-hybridized carbons (Fsp3) is 0.263. The van der Waals surface area contributed by atoms with E-state index in [0.29, 0.717) is 12.0 Å². The molecule has 3 aromatic rings. The first-order chi connectivity index (χ1) is 11.3. The maximum Gasteiger partial charge on any atom is 0.223 e. The van der Waals surface area contributed by atoms with Gasteiger partial charge in [0.2, 0.25) is 5.95 Å². The molecule has 4 rings (SSSR count). The Labute approximate surface area is 136 Å². The third kappa shape index (κ3) is 2.78. The molecule has 1 fully saturated rings. The number of aryl methyl sites for hydroxylation is 1. The van der Waals surface area contributed by atoms with E-state index in [1.807, 2.05) is 12.3 Å². The molecule has 4 nitrogen and oxygen atoms in total. The monoisotopic (exact) mass is 304 g/mol. The molecule has 1 atom stereocenters. The minimum Gasteiger partial charge on any atom is -0.350 e. The molecule has 1 aliphatic heterocycles. The topological polar surface area (TPSA) is 49.8 Å². The first-order valence-electron chi connectivity index (χ1n) is 8.10. The van der Waals surface area contributed by atoms with Gasteiger partial charge in [-0.3, -0.25) is 0 Å². The average molecular weight is 304 g/mol. The van der Waals surface area contributed by atoms with Crippen LogP contribution in [0.15, 0.2) is 48.7 Å². The summed E-state index contributed by atoms with van der Waals surface area (Å²) < 4.78 is 0. The summed E-state index contributed by atoms with van der Waals surface area (Å²) in [5, 5.41) is 9.31. The average Bonchev–Trinajstić information content (AvgIpc) is 3.09. The molecule has 2 heterocycles. The molecule has 1 aliphatic rings. The summed E-state index contributed by atoms with van der Waals surface area (Å²) >= 11 is 0. The maximum atomic E-state index is 4.72. The number of hydrogen-bond acceptors (Lipinski definition) is 4. The van der Waals surface area contributed by atoms with Crippen LogP contribution >= 0.6 is 0 Å². The summed E-state index contributed by atoms with van der Waals surface area (Å²) in [7, 11) is 0. The maximum absolute atomic E-state index is 4.72. The van der Waals surface area contributed by atoms with Crippen molar-refractivity contribution in [3.8, 4) is 11.3 Å². The van der Waals surface area contributed by atoms with Crippen LogP contribution in [0.3, 0.4) is 0 Å². The Morgan fingerprint density at radius 2 is 2.04 bits per heavy atom. The van der Waals surface area contributed by atoms with Crippen LogP contribution in [0.25, 0.3) is 22.0 Å². The van der Waals surface area contributed by atoms with Crippen LogP contribution in [0.4, 0.5) is 5.95 Å². The van der Waals surface area contributed by atoms with Gasteiger partial charge in [-0.25, -0.2) is 9.97 Å². The van der Waals surface area contributed by atoms with Crippen molar-refractivity contribution in [2.24, 2.45) is 0 Å². The lowest BCUT2D eigenvalue weighted by Crippen LogP contribution is -2.23. The van der Waals surface area contributed by atoms with E-state index in [-0.39, 0.29) is 0 Å². The van der Waals surface area contributed by atoms with Crippen molar-refractivity contribution in [3.63, 3.8) is 0 Å². The summed E-state index contributed by atoms with van der Waals surface area (Å²) in [6, 6.07) is 15.2. The van der Waals surface area contributed by atoms with Crippen LogP contribution in [0.1, 0.15) is 12.0 Å². The summed E-state index contributed by atoms with van der Waals surface area (Å²) in [6.45, 7) is 4.19. The molecule has 0 bridgehead atoms. The van der Waals surface area contributed by atoms with Crippen molar-refractivity contribution in [1.29, 1.82) is 0 Å². The Morgan fingerprint density at radius 1 is 1.13 bits per heavy atom. The smallest absolute Gasteiger partial charge is 0.223 e. The normalized spacial score (nSPS) is 17.5. The van der Waals surface area contributed by atoms with Crippen molar-refractivity contribution in [2.75, 3.05) is 18.4 Å². The molecule has 116 valence electrons. The van der Waals surface area contributed by atoms with Gasteiger partial charge >= 0.3 is 0 Å². The van der Waals surface area contributed by atoms with Gasteiger partial charge < -0.3 is 10.6 Å². The van der Waals surface area contributed by atoms with Crippen LogP contribution in [-0.4, -0.2) is 29.1 Å². The van der Waals surface area contributed by atoms with Crippen LogP contribution in [0.5, 0.6) is 0 Å². The number of fused-ring (bicyclic) bond motifs is 1.